The summed E-state index contributed by atoms with van der Waals surface area (Å²) in [6, 6.07) is 9.76. The van der Waals surface area contributed by atoms with E-state index in [4.69, 9.17) is 0 Å². The molecule has 1 N–H and O–H groups in total. The maximum absolute atomic E-state index is 3.71. The molecule has 1 nitrogen and oxygen atoms in total. The molecule has 2 rings (SSSR count). The summed E-state index contributed by atoms with van der Waals surface area (Å²) in [6.07, 6.45) is 8.27. The van der Waals surface area contributed by atoms with E-state index in [1.54, 1.807) is 0 Å². The first-order valence-corrected chi connectivity index (χ1v) is 7.58. The normalized spacial score (nSPS) is 18.1. The maximum atomic E-state index is 3.71. The van der Waals surface area contributed by atoms with Crippen LogP contribution in [0.15, 0.2) is 24.3 Å². The van der Waals surface area contributed by atoms with E-state index < -0.39 is 0 Å². The molecule has 0 aromatic heterocycles. The van der Waals surface area contributed by atoms with Crippen LogP contribution in [0.5, 0.6) is 0 Å². The quantitative estimate of drug-likeness (QED) is 0.796. The molecule has 1 aliphatic rings. The predicted octanol–water partition coefficient (Wildman–Crippen LogP) is 4.10. The van der Waals surface area contributed by atoms with Gasteiger partial charge < -0.3 is 5.32 Å². The first kappa shape index (κ1) is 13.6. The minimum absolute atomic E-state index is 0.735. The van der Waals surface area contributed by atoms with Gasteiger partial charge in [-0.3, -0.25) is 0 Å². The second-order valence-corrected chi connectivity index (χ2v) is 5.73. The van der Waals surface area contributed by atoms with Gasteiger partial charge in [-0.25, -0.2) is 0 Å². The summed E-state index contributed by atoms with van der Waals surface area (Å²) in [7, 11) is 0. The Balaban J connectivity index is 1.86. The van der Waals surface area contributed by atoms with E-state index in [0.717, 1.165) is 18.5 Å². The summed E-state index contributed by atoms with van der Waals surface area (Å²) in [5.74, 6) is 0.926. The smallest absolute Gasteiger partial charge is 0.00983 e. The lowest BCUT2D eigenvalue weighted by Gasteiger charge is -2.24. The molecule has 100 valence electrons. The molecular formula is C17H27N. The summed E-state index contributed by atoms with van der Waals surface area (Å²) in [4.78, 5) is 0. The van der Waals surface area contributed by atoms with Gasteiger partial charge in [0.05, 0.1) is 0 Å². The number of hydrogen-bond donors (Lipinski definition) is 1. The molecule has 0 amide bonds. The summed E-state index contributed by atoms with van der Waals surface area (Å²) >= 11 is 0. The van der Waals surface area contributed by atoms with Gasteiger partial charge in [0, 0.05) is 6.04 Å². The average Bonchev–Trinajstić information content (AvgIpc) is 2.90. The van der Waals surface area contributed by atoms with Crippen molar-refractivity contribution in [1.82, 2.24) is 5.32 Å². The Hall–Kier alpha value is -0.820. The third-order valence-corrected chi connectivity index (χ3v) is 4.30. The van der Waals surface area contributed by atoms with Gasteiger partial charge in [0.1, 0.15) is 0 Å². The van der Waals surface area contributed by atoms with Crippen molar-refractivity contribution in [3.05, 3.63) is 35.4 Å². The Bertz CT molecular complexity index is 335. The second-order valence-electron chi connectivity index (χ2n) is 5.73. The first-order valence-electron chi connectivity index (χ1n) is 7.58. The van der Waals surface area contributed by atoms with Crippen molar-refractivity contribution in [2.45, 2.75) is 58.4 Å². The van der Waals surface area contributed by atoms with E-state index in [-0.39, 0.29) is 0 Å². The van der Waals surface area contributed by atoms with Gasteiger partial charge >= 0.3 is 0 Å². The lowest BCUT2D eigenvalue weighted by atomic mass is 9.92. The molecule has 1 unspecified atom stereocenters. The lowest BCUT2D eigenvalue weighted by Crippen LogP contribution is -2.35. The van der Waals surface area contributed by atoms with Crippen LogP contribution in [0.2, 0.25) is 0 Å². The molecule has 1 atom stereocenters. The van der Waals surface area contributed by atoms with Gasteiger partial charge in [-0.1, -0.05) is 49.6 Å². The molecule has 0 heterocycles. The number of benzene rings is 1. The third kappa shape index (κ3) is 3.84. The highest BCUT2D eigenvalue weighted by Gasteiger charge is 2.23. The lowest BCUT2D eigenvalue weighted by molar-refractivity contribution is 0.346. The van der Waals surface area contributed by atoms with Crippen LogP contribution in [-0.4, -0.2) is 12.6 Å². The predicted molar refractivity (Wildman–Crippen MR) is 78.9 cm³/mol. The zero-order valence-corrected chi connectivity index (χ0v) is 11.9. The molecule has 1 fully saturated rings. The molecule has 1 aromatic carbocycles. The molecule has 0 aliphatic heterocycles. The Morgan fingerprint density at radius 3 is 2.44 bits per heavy atom. The van der Waals surface area contributed by atoms with Crippen LogP contribution in [-0.2, 0) is 6.42 Å². The van der Waals surface area contributed by atoms with Gasteiger partial charge in [-0.2, -0.15) is 0 Å². The van der Waals surface area contributed by atoms with E-state index in [1.165, 1.54) is 49.7 Å². The number of nitrogens with one attached hydrogen (secondary N) is 1. The minimum atomic E-state index is 0.735. The SMILES string of the molecule is CCNC(CCc1ccc(C)cc1)C1CCCC1. The number of rotatable bonds is 6. The topological polar surface area (TPSA) is 12.0 Å². The van der Waals surface area contributed by atoms with E-state index in [0.29, 0.717) is 0 Å². The average molecular weight is 245 g/mol. The van der Waals surface area contributed by atoms with Crippen LogP contribution in [0.1, 0.15) is 50.2 Å². The van der Waals surface area contributed by atoms with Crippen molar-refractivity contribution in [3.8, 4) is 0 Å². The molecular weight excluding hydrogens is 218 g/mol. The second kappa shape index (κ2) is 6.94. The molecule has 18 heavy (non-hydrogen) atoms. The zero-order valence-electron chi connectivity index (χ0n) is 11.9. The largest absolute Gasteiger partial charge is 0.314 e. The van der Waals surface area contributed by atoms with Crippen LogP contribution in [0.4, 0.5) is 0 Å². The van der Waals surface area contributed by atoms with Crippen molar-refractivity contribution in [2.75, 3.05) is 6.54 Å². The van der Waals surface area contributed by atoms with Crippen LogP contribution in [0.3, 0.4) is 0 Å². The Labute approximate surface area is 112 Å². The minimum Gasteiger partial charge on any atom is -0.314 e. The van der Waals surface area contributed by atoms with Crippen molar-refractivity contribution in [3.63, 3.8) is 0 Å². The molecule has 1 heteroatoms. The van der Waals surface area contributed by atoms with E-state index in [9.17, 15) is 0 Å². The highest BCUT2D eigenvalue weighted by atomic mass is 14.9. The monoisotopic (exact) mass is 245 g/mol. The number of aryl methyl sites for hydroxylation is 2. The number of hydrogen-bond acceptors (Lipinski definition) is 1. The summed E-state index contributed by atoms with van der Waals surface area (Å²) in [6.45, 7) is 5.49. The van der Waals surface area contributed by atoms with Gasteiger partial charge in [0.2, 0.25) is 0 Å². The molecule has 0 bridgehead atoms. The van der Waals surface area contributed by atoms with Crippen molar-refractivity contribution >= 4 is 0 Å². The first-order chi connectivity index (χ1) is 8.79. The fraction of sp³-hybridized carbons (Fsp3) is 0.647. The van der Waals surface area contributed by atoms with E-state index in [2.05, 4.69) is 43.4 Å². The highest BCUT2D eigenvalue weighted by molar-refractivity contribution is 5.21. The maximum Gasteiger partial charge on any atom is 0.00983 e. The standard InChI is InChI=1S/C17H27N/c1-3-18-17(16-6-4-5-7-16)13-12-15-10-8-14(2)9-11-15/h8-11,16-18H,3-7,12-13H2,1-2H3. The van der Waals surface area contributed by atoms with Crippen molar-refractivity contribution in [2.24, 2.45) is 5.92 Å². The van der Waals surface area contributed by atoms with Gasteiger partial charge in [-0.15, -0.1) is 0 Å². The molecule has 1 aliphatic carbocycles. The Morgan fingerprint density at radius 2 is 1.83 bits per heavy atom. The van der Waals surface area contributed by atoms with Crippen molar-refractivity contribution in [1.29, 1.82) is 0 Å². The summed E-state index contributed by atoms with van der Waals surface area (Å²) in [5.41, 5.74) is 2.85. The highest BCUT2D eigenvalue weighted by Crippen LogP contribution is 2.29. The molecule has 1 saturated carbocycles. The Morgan fingerprint density at radius 1 is 1.17 bits per heavy atom. The summed E-state index contributed by atoms with van der Waals surface area (Å²) in [5, 5.41) is 3.71. The van der Waals surface area contributed by atoms with Crippen LogP contribution in [0.25, 0.3) is 0 Å². The van der Waals surface area contributed by atoms with Gasteiger partial charge in [0.25, 0.3) is 0 Å². The Kier molecular flexibility index (Phi) is 5.25. The van der Waals surface area contributed by atoms with Crippen LogP contribution >= 0.6 is 0 Å². The van der Waals surface area contributed by atoms with Crippen molar-refractivity contribution < 1.29 is 0 Å². The molecule has 0 spiro atoms. The van der Waals surface area contributed by atoms with Crippen LogP contribution in [0, 0.1) is 12.8 Å². The fourth-order valence-electron chi connectivity index (χ4n) is 3.20. The third-order valence-electron chi connectivity index (χ3n) is 4.30. The zero-order chi connectivity index (χ0) is 12.8. The van der Waals surface area contributed by atoms with Gasteiger partial charge in [-0.05, 0) is 50.6 Å². The fourth-order valence-corrected chi connectivity index (χ4v) is 3.20. The molecule has 0 saturated heterocycles. The van der Waals surface area contributed by atoms with E-state index in [1.807, 2.05) is 0 Å². The molecule has 1 aromatic rings. The van der Waals surface area contributed by atoms with Crippen LogP contribution < -0.4 is 5.32 Å². The van der Waals surface area contributed by atoms with Gasteiger partial charge in [0.15, 0.2) is 0 Å². The summed E-state index contributed by atoms with van der Waals surface area (Å²) < 4.78 is 0. The molecule has 0 radical (unpaired) electrons. The van der Waals surface area contributed by atoms with E-state index >= 15 is 0 Å².